The van der Waals surface area contributed by atoms with Gasteiger partial charge in [-0.1, -0.05) is 0 Å². The Labute approximate surface area is 82.8 Å². The maximum Gasteiger partial charge on any atom is 0.255 e. The van der Waals surface area contributed by atoms with Crippen LogP contribution in [0.2, 0.25) is 0 Å². The number of hydrogen-bond donors (Lipinski definition) is 2. The molecule has 0 aliphatic heterocycles. The lowest BCUT2D eigenvalue weighted by molar-refractivity contribution is -0.119. The van der Waals surface area contributed by atoms with Gasteiger partial charge < -0.3 is 16.2 Å². The predicted octanol–water partition coefficient (Wildman–Crippen LogP) is 0.750. The van der Waals surface area contributed by atoms with Gasteiger partial charge in [0.15, 0.2) is 6.61 Å². The maximum atomic E-state index is 10.5. The molecule has 0 saturated heterocycles. The van der Waals surface area contributed by atoms with Gasteiger partial charge in [-0.3, -0.25) is 4.79 Å². The zero-order valence-corrected chi connectivity index (χ0v) is 8.33. The van der Waals surface area contributed by atoms with E-state index >= 15 is 0 Å². The van der Waals surface area contributed by atoms with Gasteiger partial charge in [0.1, 0.15) is 5.75 Å². The molecular weight excluding hydrogens is 180 g/mol. The number of benzene rings is 1. The fourth-order valence-electron chi connectivity index (χ4n) is 1.35. The third kappa shape index (κ3) is 2.39. The monoisotopic (exact) mass is 194 g/mol. The lowest BCUT2D eigenvalue weighted by Gasteiger charge is -2.11. The molecule has 0 saturated carbocycles. The first-order valence-electron chi connectivity index (χ1n) is 4.28. The Kier molecular flexibility index (Phi) is 2.96. The second-order valence-electron chi connectivity index (χ2n) is 3.24. The first kappa shape index (κ1) is 10.4. The summed E-state index contributed by atoms with van der Waals surface area (Å²) in [6.45, 7) is 3.64. The van der Waals surface area contributed by atoms with Gasteiger partial charge in [0.05, 0.1) is 0 Å². The molecule has 4 heteroatoms. The minimum absolute atomic E-state index is 0.106. The van der Waals surface area contributed by atoms with Crippen molar-refractivity contribution in [1.82, 2.24) is 0 Å². The standard InChI is InChI=1S/C10H14N2O2/c1-6-3-8(11)4-7(2)10(6)14-5-9(12)13/h3-4H,5,11H2,1-2H3,(H2,12,13). The molecule has 76 valence electrons. The molecule has 0 bridgehead atoms. The van der Waals surface area contributed by atoms with E-state index in [9.17, 15) is 4.79 Å². The summed E-state index contributed by atoms with van der Waals surface area (Å²) in [5.41, 5.74) is 13.1. The van der Waals surface area contributed by atoms with Crippen LogP contribution in [0.5, 0.6) is 5.75 Å². The van der Waals surface area contributed by atoms with E-state index in [0.717, 1.165) is 11.1 Å². The second kappa shape index (κ2) is 4.00. The van der Waals surface area contributed by atoms with Crippen LogP contribution in [0.15, 0.2) is 12.1 Å². The molecule has 1 rings (SSSR count). The number of ether oxygens (including phenoxy) is 1. The van der Waals surface area contributed by atoms with Crippen LogP contribution in [0, 0.1) is 13.8 Å². The Bertz CT molecular complexity index is 338. The summed E-state index contributed by atoms with van der Waals surface area (Å²) in [6.07, 6.45) is 0. The van der Waals surface area contributed by atoms with Crippen LogP contribution in [0.1, 0.15) is 11.1 Å². The van der Waals surface area contributed by atoms with E-state index in [2.05, 4.69) is 0 Å². The number of anilines is 1. The van der Waals surface area contributed by atoms with Crippen LogP contribution >= 0.6 is 0 Å². The molecule has 0 aromatic heterocycles. The zero-order valence-electron chi connectivity index (χ0n) is 8.33. The summed E-state index contributed by atoms with van der Waals surface area (Å²) in [5.74, 6) is 0.193. The summed E-state index contributed by atoms with van der Waals surface area (Å²) >= 11 is 0. The van der Waals surface area contributed by atoms with Crippen LogP contribution < -0.4 is 16.2 Å². The molecule has 1 aromatic rings. The molecule has 0 aliphatic rings. The topological polar surface area (TPSA) is 78.3 Å². The number of hydrogen-bond acceptors (Lipinski definition) is 3. The highest BCUT2D eigenvalue weighted by molar-refractivity contribution is 5.75. The van der Waals surface area contributed by atoms with Crippen molar-refractivity contribution in [2.75, 3.05) is 12.3 Å². The van der Waals surface area contributed by atoms with Gasteiger partial charge in [-0.2, -0.15) is 0 Å². The van der Waals surface area contributed by atoms with Crippen LogP contribution in [-0.2, 0) is 4.79 Å². The van der Waals surface area contributed by atoms with Crippen molar-refractivity contribution in [3.63, 3.8) is 0 Å². The number of aryl methyl sites for hydroxylation is 2. The summed E-state index contributed by atoms with van der Waals surface area (Å²) < 4.78 is 5.25. The molecule has 0 radical (unpaired) electrons. The van der Waals surface area contributed by atoms with Crippen LogP contribution in [-0.4, -0.2) is 12.5 Å². The third-order valence-electron chi connectivity index (χ3n) is 1.84. The highest BCUT2D eigenvalue weighted by atomic mass is 16.5. The van der Waals surface area contributed by atoms with Crippen molar-refractivity contribution < 1.29 is 9.53 Å². The molecule has 0 unspecified atom stereocenters. The van der Waals surface area contributed by atoms with E-state index in [1.165, 1.54) is 0 Å². The van der Waals surface area contributed by atoms with Crippen molar-refractivity contribution >= 4 is 11.6 Å². The molecule has 0 aliphatic carbocycles. The zero-order chi connectivity index (χ0) is 10.7. The molecule has 1 amide bonds. The largest absolute Gasteiger partial charge is 0.483 e. The first-order chi connectivity index (χ1) is 6.50. The molecular formula is C10H14N2O2. The van der Waals surface area contributed by atoms with E-state index in [4.69, 9.17) is 16.2 Å². The molecule has 4 nitrogen and oxygen atoms in total. The average Bonchev–Trinajstić information content (AvgIpc) is 2.01. The molecule has 0 heterocycles. The summed E-state index contributed by atoms with van der Waals surface area (Å²) in [5, 5.41) is 0. The maximum absolute atomic E-state index is 10.5. The predicted molar refractivity (Wildman–Crippen MR) is 55.0 cm³/mol. The number of rotatable bonds is 3. The summed E-state index contributed by atoms with van der Waals surface area (Å²) in [4.78, 5) is 10.5. The molecule has 1 aromatic carbocycles. The SMILES string of the molecule is Cc1cc(N)cc(C)c1OCC(N)=O. The number of carbonyl (C=O) groups is 1. The van der Waals surface area contributed by atoms with Gasteiger partial charge in [-0.25, -0.2) is 0 Å². The minimum atomic E-state index is -0.486. The van der Waals surface area contributed by atoms with Crippen LogP contribution in [0.4, 0.5) is 5.69 Å². The number of carbonyl (C=O) groups excluding carboxylic acids is 1. The van der Waals surface area contributed by atoms with Crippen LogP contribution in [0.3, 0.4) is 0 Å². The Morgan fingerprint density at radius 3 is 2.29 bits per heavy atom. The fraction of sp³-hybridized carbons (Fsp3) is 0.300. The van der Waals surface area contributed by atoms with Crippen LogP contribution in [0.25, 0.3) is 0 Å². The van der Waals surface area contributed by atoms with Crippen molar-refractivity contribution in [3.8, 4) is 5.75 Å². The van der Waals surface area contributed by atoms with Crippen molar-refractivity contribution in [2.45, 2.75) is 13.8 Å². The van der Waals surface area contributed by atoms with E-state index in [1.54, 1.807) is 12.1 Å². The van der Waals surface area contributed by atoms with Gasteiger partial charge in [0, 0.05) is 5.69 Å². The highest BCUT2D eigenvalue weighted by Crippen LogP contribution is 2.25. The van der Waals surface area contributed by atoms with E-state index in [1.807, 2.05) is 13.8 Å². The number of nitrogen functional groups attached to an aromatic ring is 1. The normalized spacial score (nSPS) is 9.86. The van der Waals surface area contributed by atoms with E-state index in [-0.39, 0.29) is 6.61 Å². The number of amides is 1. The van der Waals surface area contributed by atoms with Gasteiger partial charge in [-0.05, 0) is 37.1 Å². The minimum Gasteiger partial charge on any atom is -0.483 e. The quantitative estimate of drug-likeness (QED) is 0.697. The van der Waals surface area contributed by atoms with Gasteiger partial charge in [0.2, 0.25) is 0 Å². The van der Waals surface area contributed by atoms with E-state index in [0.29, 0.717) is 11.4 Å². The number of nitrogens with two attached hydrogens (primary N) is 2. The van der Waals surface area contributed by atoms with Gasteiger partial charge in [-0.15, -0.1) is 0 Å². The lowest BCUT2D eigenvalue weighted by atomic mass is 10.1. The molecule has 0 spiro atoms. The van der Waals surface area contributed by atoms with E-state index < -0.39 is 5.91 Å². The third-order valence-corrected chi connectivity index (χ3v) is 1.84. The molecule has 0 fully saturated rings. The van der Waals surface area contributed by atoms with Gasteiger partial charge >= 0.3 is 0 Å². The molecule has 0 atom stereocenters. The summed E-state index contributed by atoms with van der Waals surface area (Å²) in [6, 6.07) is 3.59. The second-order valence-corrected chi connectivity index (χ2v) is 3.24. The Hall–Kier alpha value is -1.71. The Morgan fingerprint density at radius 2 is 1.86 bits per heavy atom. The van der Waals surface area contributed by atoms with Crippen molar-refractivity contribution in [2.24, 2.45) is 5.73 Å². The first-order valence-corrected chi connectivity index (χ1v) is 4.28. The fourth-order valence-corrected chi connectivity index (χ4v) is 1.35. The van der Waals surface area contributed by atoms with Crippen molar-refractivity contribution in [3.05, 3.63) is 23.3 Å². The average molecular weight is 194 g/mol. The highest BCUT2D eigenvalue weighted by Gasteiger charge is 2.06. The van der Waals surface area contributed by atoms with Crippen molar-refractivity contribution in [1.29, 1.82) is 0 Å². The Morgan fingerprint density at radius 1 is 1.36 bits per heavy atom. The number of primary amides is 1. The Balaban J connectivity index is 2.91. The summed E-state index contributed by atoms with van der Waals surface area (Å²) in [7, 11) is 0. The molecule has 14 heavy (non-hydrogen) atoms. The smallest absolute Gasteiger partial charge is 0.255 e. The lowest BCUT2D eigenvalue weighted by Crippen LogP contribution is -2.20. The molecule has 4 N–H and O–H groups in total. The van der Waals surface area contributed by atoms with Gasteiger partial charge in [0.25, 0.3) is 5.91 Å².